The van der Waals surface area contributed by atoms with E-state index in [1.807, 2.05) is 42.5 Å². The highest BCUT2D eigenvalue weighted by Crippen LogP contribution is 2.35. The Kier molecular flexibility index (Phi) is 3.60. The first-order chi connectivity index (χ1) is 13.5. The monoisotopic (exact) mass is 375 g/mol. The fraction of sp³-hybridized carbons (Fsp3) is 0.190. The number of hydrogen-bond acceptors (Lipinski definition) is 6. The van der Waals surface area contributed by atoms with Gasteiger partial charge in [-0.15, -0.1) is 0 Å². The number of benzene rings is 1. The van der Waals surface area contributed by atoms with Crippen LogP contribution < -0.4 is 0 Å². The maximum atomic E-state index is 12.3. The molecule has 1 aromatic carbocycles. The van der Waals surface area contributed by atoms with Crippen LogP contribution in [-0.4, -0.2) is 39.6 Å². The van der Waals surface area contributed by atoms with E-state index in [4.69, 9.17) is 8.94 Å². The van der Waals surface area contributed by atoms with Crippen LogP contribution in [0.2, 0.25) is 0 Å². The van der Waals surface area contributed by atoms with E-state index in [0.29, 0.717) is 12.2 Å². The van der Waals surface area contributed by atoms with E-state index >= 15 is 0 Å². The molecule has 7 heteroatoms. The van der Waals surface area contributed by atoms with Crippen molar-refractivity contribution < 1.29 is 18.8 Å². The molecule has 1 aliphatic rings. The molecule has 7 nitrogen and oxygen atoms in total. The molecule has 28 heavy (non-hydrogen) atoms. The second-order valence-electron chi connectivity index (χ2n) is 6.99. The zero-order valence-corrected chi connectivity index (χ0v) is 15.1. The number of nitrogens with zero attached hydrogens (tertiary/aromatic N) is 3. The average Bonchev–Trinajstić information content (AvgIpc) is 3.45. The summed E-state index contributed by atoms with van der Waals surface area (Å²) in [5.74, 6) is -0.207. The van der Waals surface area contributed by atoms with Gasteiger partial charge in [0.15, 0.2) is 11.3 Å². The normalized spacial score (nSPS) is 19.6. The SMILES string of the molecule is CN1CC[C@@](O)(c2cc(-c3cccc(-c4ccc5occc5n4)c3)no2)C1=O. The summed E-state index contributed by atoms with van der Waals surface area (Å²) in [5.41, 5.74) is 2.97. The molecule has 0 aliphatic carbocycles. The van der Waals surface area contributed by atoms with E-state index in [2.05, 4.69) is 10.1 Å². The lowest BCUT2D eigenvalue weighted by atomic mass is 9.97. The highest BCUT2D eigenvalue weighted by molar-refractivity contribution is 5.88. The van der Waals surface area contributed by atoms with Gasteiger partial charge in [0.25, 0.3) is 5.91 Å². The predicted octanol–water partition coefficient (Wildman–Crippen LogP) is 3.20. The highest BCUT2D eigenvalue weighted by Gasteiger charge is 2.48. The molecule has 0 bridgehead atoms. The number of amides is 1. The van der Waals surface area contributed by atoms with Gasteiger partial charge in [-0.25, -0.2) is 4.98 Å². The van der Waals surface area contributed by atoms with Gasteiger partial charge < -0.3 is 18.9 Å². The van der Waals surface area contributed by atoms with Crippen LogP contribution in [0, 0.1) is 0 Å². The Balaban J connectivity index is 1.50. The third-order valence-corrected chi connectivity index (χ3v) is 5.19. The van der Waals surface area contributed by atoms with E-state index in [9.17, 15) is 9.90 Å². The molecule has 1 saturated heterocycles. The number of carbonyl (C=O) groups excluding carboxylic acids is 1. The van der Waals surface area contributed by atoms with Crippen molar-refractivity contribution in [2.45, 2.75) is 12.0 Å². The molecule has 4 heterocycles. The molecule has 0 radical (unpaired) electrons. The Bertz CT molecular complexity index is 1200. The molecule has 1 N–H and O–H groups in total. The Hall–Kier alpha value is -3.45. The van der Waals surface area contributed by atoms with Crippen molar-refractivity contribution in [1.29, 1.82) is 0 Å². The van der Waals surface area contributed by atoms with Crippen LogP contribution in [0.5, 0.6) is 0 Å². The van der Waals surface area contributed by atoms with Gasteiger partial charge >= 0.3 is 0 Å². The van der Waals surface area contributed by atoms with Gasteiger partial charge in [0.2, 0.25) is 5.60 Å². The fourth-order valence-electron chi connectivity index (χ4n) is 3.54. The fourth-order valence-corrected chi connectivity index (χ4v) is 3.54. The summed E-state index contributed by atoms with van der Waals surface area (Å²) in [6, 6.07) is 14.9. The molecule has 5 rings (SSSR count). The Labute approximate surface area is 160 Å². The number of aromatic nitrogens is 2. The first-order valence-corrected chi connectivity index (χ1v) is 8.95. The summed E-state index contributed by atoms with van der Waals surface area (Å²) in [4.78, 5) is 18.4. The van der Waals surface area contributed by atoms with Gasteiger partial charge in [-0.3, -0.25) is 4.79 Å². The lowest BCUT2D eigenvalue weighted by Gasteiger charge is -2.16. The number of carbonyl (C=O) groups is 1. The summed E-state index contributed by atoms with van der Waals surface area (Å²) in [5, 5.41) is 14.8. The van der Waals surface area contributed by atoms with Gasteiger partial charge in [-0.05, 0) is 18.2 Å². The topological polar surface area (TPSA) is 92.6 Å². The van der Waals surface area contributed by atoms with E-state index < -0.39 is 5.60 Å². The maximum absolute atomic E-state index is 12.3. The summed E-state index contributed by atoms with van der Waals surface area (Å²) in [6.45, 7) is 0.475. The molecule has 0 saturated carbocycles. The molecule has 1 fully saturated rings. The summed E-state index contributed by atoms with van der Waals surface area (Å²) >= 11 is 0. The van der Waals surface area contributed by atoms with Gasteiger partial charge in [-0.1, -0.05) is 23.4 Å². The molecule has 140 valence electrons. The maximum Gasteiger partial charge on any atom is 0.262 e. The Morgan fingerprint density at radius 1 is 1.11 bits per heavy atom. The zero-order chi connectivity index (χ0) is 19.3. The first kappa shape index (κ1) is 16.7. The molecule has 1 atom stereocenters. The summed E-state index contributed by atoms with van der Waals surface area (Å²) in [6.07, 6.45) is 1.90. The van der Waals surface area contributed by atoms with Crippen LogP contribution in [0.3, 0.4) is 0 Å². The molecule has 3 aromatic heterocycles. The third-order valence-electron chi connectivity index (χ3n) is 5.19. The zero-order valence-electron chi connectivity index (χ0n) is 15.1. The van der Waals surface area contributed by atoms with Crippen molar-refractivity contribution in [3.05, 3.63) is 60.6 Å². The Morgan fingerprint density at radius 3 is 2.71 bits per heavy atom. The minimum atomic E-state index is -1.65. The minimum Gasteiger partial charge on any atom is -0.463 e. The number of rotatable bonds is 3. The van der Waals surface area contributed by atoms with E-state index in [-0.39, 0.29) is 18.1 Å². The van der Waals surface area contributed by atoms with Crippen LogP contribution in [0.25, 0.3) is 33.6 Å². The molecule has 1 amide bonds. The smallest absolute Gasteiger partial charge is 0.262 e. The van der Waals surface area contributed by atoms with Crippen LogP contribution >= 0.6 is 0 Å². The average molecular weight is 375 g/mol. The van der Waals surface area contributed by atoms with E-state index in [1.165, 1.54) is 4.90 Å². The van der Waals surface area contributed by atoms with Crippen molar-refractivity contribution in [3.63, 3.8) is 0 Å². The lowest BCUT2D eigenvalue weighted by Crippen LogP contribution is -2.35. The molecule has 4 aromatic rings. The molecule has 1 aliphatic heterocycles. The Morgan fingerprint density at radius 2 is 1.93 bits per heavy atom. The molecular formula is C21H17N3O4. The minimum absolute atomic E-state index is 0.167. The predicted molar refractivity (Wildman–Crippen MR) is 101 cm³/mol. The number of furan rings is 1. The first-order valence-electron chi connectivity index (χ1n) is 8.95. The van der Waals surface area contributed by atoms with Crippen LogP contribution in [-0.2, 0) is 10.4 Å². The van der Waals surface area contributed by atoms with Crippen molar-refractivity contribution in [2.24, 2.45) is 0 Å². The van der Waals surface area contributed by atoms with Gasteiger partial charge in [-0.2, -0.15) is 0 Å². The lowest BCUT2D eigenvalue weighted by molar-refractivity contribution is -0.144. The van der Waals surface area contributed by atoms with E-state index in [0.717, 1.165) is 27.9 Å². The molecular weight excluding hydrogens is 358 g/mol. The van der Waals surface area contributed by atoms with Crippen LogP contribution in [0.1, 0.15) is 12.2 Å². The number of hydrogen-bond donors (Lipinski definition) is 1. The largest absolute Gasteiger partial charge is 0.463 e. The summed E-state index contributed by atoms with van der Waals surface area (Å²) < 4.78 is 10.7. The van der Waals surface area contributed by atoms with Crippen molar-refractivity contribution in [2.75, 3.05) is 13.6 Å². The van der Waals surface area contributed by atoms with Gasteiger partial charge in [0.05, 0.1) is 12.0 Å². The van der Waals surface area contributed by atoms with Gasteiger partial charge in [0, 0.05) is 43.3 Å². The standard InChI is InChI=1S/C21H17N3O4/c1-24-9-8-21(26,20(24)25)19-12-17(23-28-19)14-4-2-3-13(11-14)15-5-6-18-16(22-15)7-10-27-18/h2-7,10-12,26H,8-9H2,1H3/t21-/m1/s1. The number of aliphatic hydroxyl groups is 1. The number of likely N-dealkylation sites (N-methyl/N-ethyl adjacent to an activating group) is 1. The molecule has 0 unspecified atom stereocenters. The van der Waals surface area contributed by atoms with Crippen molar-refractivity contribution in [1.82, 2.24) is 15.0 Å². The van der Waals surface area contributed by atoms with Crippen molar-refractivity contribution in [3.8, 4) is 22.5 Å². The van der Waals surface area contributed by atoms with Crippen LogP contribution in [0.4, 0.5) is 0 Å². The van der Waals surface area contributed by atoms with Gasteiger partial charge in [0.1, 0.15) is 11.2 Å². The van der Waals surface area contributed by atoms with Crippen molar-refractivity contribution >= 4 is 17.0 Å². The summed E-state index contributed by atoms with van der Waals surface area (Å²) in [7, 11) is 1.66. The number of likely N-dealkylation sites (tertiary alicyclic amines) is 1. The van der Waals surface area contributed by atoms with E-state index in [1.54, 1.807) is 19.4 Å². The van der Waals surface area contributed by atoms with Crippen LogP contribution in [0.15, 0.2) is 63.7 Å². The highest BCUT2D eigenvalue weighted by atomic mass is 16.5. The number of pyridine rings is 1. The third kappa shape index (κ3) is 2.51. The molecule has 0 spiro atoms. The second-order valence-corrected chi connectivity index (χ2v) is 6.99. The quantitative estimate of drug-likeness (QED) is 0.591. The number of fused-ring (bicyclic) bond motifs is 1. The second kappa shape index (κ2) is 6.03.